The first kappa shape index (κ1) is 8.95. The van der Waals surface area contributed by atoms with E-state index < -0.39 is 10.7 Å². The van der Waals surface area contributed by atoms with E-state index in [1.165, 1.54) is 0 Å². The summed E-state index contributed by atoms with van der Waals surface area (Å²) >= 11 is 0. The molecule has 0 radical (unpaired) electrons. The summed E-state index contributed by atoms with van der Waals surface area (Å²) in [6, 6.07) is 0. The van der Waals surface area contributed by atoms with Crippen LogP contribution in [-0.2, 0) is 10.7 Å². The van der Waals surface area contributed by atoms with E-state index in [0.29, 0.717) is 5.92 Å². The van der Waals surface area contributed by atoms with E-state index >= 15 is 0 Å². The molecule has 3 heteroatoms. The number of hydrogen-bond acceptors (Lipinski definition) is 2. The Kier molecular flexibility index (Phi) is 3.86. The third-order valence-corrected chi connectivity index (χ3v) is 2.97. The Hall–Kier alpha value is -0.0500. The van der Waals surface area contributed by atoms with Gasteiger partial charge in [-0.15, -0.1) is 0 Å². The van der Waals surface area contributed by atoms with E-state index in [4.69, 9.17) is 0 Å². The minimum absolute atomic E-state index is 0.162. The molecule has 0 heterocycles. The largest absolute Gasteiger partial charge is 0.232 e. The van der Waals surface area contributed by atoms with Crippen LogP contribution in [0.2, 0.25) is 0 Å². The van der Waals surface area contributed by atoms with Gasteiger partial charge in [0.25, 0.3) is 0 Å². The summed E-state index contributed by atoms with van der Waals surface area (Å²) in [5.41, 5.74) is 0. The fourth-order valence-electron chi connectivity index (χ4n) is 0.549. The zero-order chi connectivity index (χ0) is 7.44. The lowest BCUT2D eigenvalue weighted by molar-refractivity contribution is 0.522. The van der Waals surface area contributed by atoms with Crippen molar-refractivity contribution in [3.05, 3.63) is 0 Å². The molecule has 2 unspecified atom stereocenters. The van der Waals surface area contributed by atoms with E-state index in [2.05, 4.69) is 0 Å². The molecular formula is C6H14O2S. The minimum Gasteiger partial charge on any atom is -0.232 e. The molecule has 0 spiro atoms. The SMILES string of the molecule is CCC(C)C(C)[SH](=O)=O. The molecule has 0 amide bonds. The van der Waals surface area contributed by atoms with Crippen LogP contribution in [0.1, 0.15) is 27.2 Å². The average Bonchev–Trinajstić information content (AvgIpc) is 1.84. The Morgan fingerprint density at radius 1 is 1.33 bits per heavy atom. The summed E-state index contributed by atoms with van der Waals surface area (Å²) in [5, 5.41) is -0.162. The maximum Gasteiger partial charge on any atom is 0.142 e. The van der Waals surface area contributed by atoms with E-state index in [0.717, 1.165) is 6.42 Å². The Labute approximate surface area is 58.2 Å². The van der Waals surface area contributed by atoms with E-state index in [-0.39, 0.29) is 5.25 Å². The second-order valence-corrected chi connectivity index (χ2v) is 3.80. The van der Waals surface area contributed by atoms with Gasteiger partial charge in [-0.05, 0) is 12.8 Å². The van der Waals surface area contributed by atoms with Crippen LogP contribution in [-0.4, -0.2) is 13.7 Å². The van der Waals surface area contributed by atoms with Crippen molar-refractivity contribution in [2.24, 2.45) is 5.92 Å². The lowest BCUT2D eigenvalue weighted by Crippen LogP contribution is -2.14. The summed E-state index contributed by atoms with van der Waals surface area (Å²) in [4.78, 5) is 0. The third kappa shape index (κ3) is 2.84. The van der Waals surface area contributed by atoms with Gasteiger partial charge in [-0.2, -0.15) is 0 Å². The first-order valence-corrected chi connectivity index (χ1v) is 4.47. The molecule has 0 saturated heterocycles. The molecule has 0 rings (SSSR count). The highest BCUT2D eigenvalue weighted by Crippen LogP contribution is 2.08. The highest BCUT2D eigenvalue weighted by Gasteiger charge is 2.11. The van der Waals surface area contributed by atoms with Crippen molar-refractivity contribution in [1.82, 2.24) is 0 Å². The standard InChI is InChI=1S/C6H14O2S/c1-4-5(2)6(3)9(7)8/h5-6,9H,4H2,1-3H3. The van der Waals surface area contributed by atoms with Gasteiger partial charge in [0.05, 0.1) is 5.25 Å². The van der Waals surface area contributed by atoms with Gasteiger partial charge >= 0.3 is 0 Å². The maximum atomic E-state index is 10.3. The van der Waals surface area contributed by atoms with Crippen LogP contribution in [0.5, 0.6) is 0 Å². The highest BCUT2D eigenvalue weighted by atomic mass is 32.2. The Morgan fingerprint density at radius 3 is 1.89 bits per heavy atom. The zero-order valence-electron chi connectivity index (χ0n) is 6.13. The molecule has 0 saturated carbocycles. The molecule has 0 aliphatic heterocycles. The summed E-state index contributed by atoms with van der Waals surface area (Å²) in [6.07, 6.45) is 0.935. The van der Waals surface area contributed by atoms with Crippen molar-refractivity contribution < 1.29 is 8.42 Å². The quantitative estimate of drug-likeness (QED) is 0.610. The lowest BCUT2D eigenvalue weighted by atomic mass is 10.1. The van der Waals surface area contributed by atoms with Crippen molar-refractivity contribution in [1.29, 1.82) is 0 Å². The summed E-state index contributed by atoms with van der Waals surface area (Å²) in [5.74, 6) is 0.297. The minimum atomic E-state index is -2.21. The molecule has 56 valence electrons. The number of hydrogen-bond donors (Lipinski definition) is 1. The molecule has 0 aliphatic rings. The molecule has 0 aliphatic carbocycles. The molecule has 2 atom stereocenters. The van der Waals surface area contributed by atoms with Crippen LogP contribution in [0.3, 0.4) is 0 Å². The van der Waals surface area contributed by atoms with Crippen molar-refractivity contribution in [2.45, 2.75) is 32.4 Å². The highest BCUT2D eigenvalue weighted by molar-refractivity contribution is 7.73. The van der Waals surface area contributed by atoms with Gasteiger partial charge in [-0.1, -0.05) is 20.3 Å². The molecule has 0 fully saturated rings. The molecule has 2 nitrogen and oxygen atoms in total. The van der Waals surface area contributed by atoms with E-state index in [1.54, 1.807) is 6.92 Å². The predicted molar refractivity (Wildman–Crippen MR) is 39.2 cm³/mol. The van der Waals surface area contributed by atoms with Gasteiger partial charge < -0.3 is 0 Å². The molecule has 0 aromatic rings. The monoisotopic (exact) mass is 150 g/mol. The van der Waals surface area contributed by atoms with Crippen LogP contribution < -0.4 is 0 Å². The summed E-state index contributed by atoms with van der Waals surface area (Å²) in [6.45, 7) is 5.70. The Morgan fingerprint density at radius 2 is 1.78 bits per heavy atom. The van der Waals surface area contributed by atoms with Gasteiger partial charge in [0.15, 0.2) is 0 Å². The van der Waals surface area contributed by atoms with E-state index in [1.807, 2.05) is 13.8 Å². The average molecular weight is 150 g/mol. The summed E-state index contributed by atoms with van der Waals surface area (Å²) < 4.78 is 20.7. The van der Waals surface area contributed by atoms with E-state index in [9.17, 15) is 8.42 Å². The third-order valence-electron chi connectivity index (χ3n) is 1.80. The smallest absolute Gasteiger partial charge is 0.142 e. The molecule has 0 aromatic heterocycles. The molecule has 0 N–H and O–H groups in total. The van der Waals surface area contributed by atoms with Crippen LogP contribution in [0.15, 0.2) is 0 Å². The van der Waals surface area contributed by atoms with Crippen LogP contribution in [0, 0.1) is 5.92 Å². The fourth-order valence-corrected chi connectivity index (χ4v) is 1.18. The number of thiol groups is 1. The summed E-state index contributed by atoms with van der Waals surface area (Å²) in [7, 11) is -2.21. The zero-order valence-corrected chi connectivity index (χ0v) is 7.02. The molecule has 9 heavy (non-hydrogen) atoms. The van der Waals surface area contributed by atoms with Crippen LogP contribution >= 0.6 is 0 Å². The van der Waals surface area contributed by atoms with Gasteiger partial charge in [-0.25, -0.2) is 8.42 Å². The van der Waals surface area contributed by atoms with Crippen molar-refractivity contribution in [3.63, 3.8) is 0 Å². The fraction of sp³-hybridized carbons (Fsp3) is 1.00. The van der Waals surface area contributed by atoms with Gasteiger partial charge in [0.2, 0.25) is 0 Å². The van der Waals surface area contributed by atoms with Gasteiger partial charge in [0.1, 0.15) is 10.7 Å². The first-order valence-electron chi connectivity index (χ1n) is 3.23. The second-order valence-electron chi connectivity index (χ2n) is 2.41. The Bertz CT molecular complexity index is 132. The van der Waals surface area contributed by atoms with Gasteiger partial charge in [-0.3, -0.25) is 0 Å². The first-order chi connectivity index (χ1) is 4.09. The van der Waals surface area contributed by atoms with Gasteiger partial charge in [0, 0.05) is 0 Å². The topological polar surface area (TPSA) is 34.1 Å². The van der Waals surface area contributed by atoms with Crippen LogP contribution in [0.25, 0.3) is 0 Å². The van der Waals surface area contributed by atoms with Crippen molar-refractivity contribution >= 4 is 10.7 Å². The van der Waals surface area contributed by atoms with Crippen molar-refractivity contribution in [3.8, 4) is 0 Å². The normalized spacial score (nSPS) is 17.8. The molecule has 0 aromatic carbocycles. The Balaban J connectivity index is 3.87. The predicted octanol–water partition coefficient (Wildman–Crippen LogP) is 1.03. The number of rotatable bonds is 3. The molecule has 0 bridgehead atoms. The second kappa shape index (κ2) is 3.88. The molecular weight excluding hydrogens is 136 g/mol. The maximum absolute atomic E-state index is 10.3. The lowest BCUT2D eigenvalue weighted by Gasteiger charge is -2.09. The van der Waals surface area contributed by atoms with Crippen LogP contribution in [0.4, 0.5) is 0 Å². The van der Waals surface area contributed by atoms with Crippen molar-refractivity contribution in [2.75, 3.05) is 0 Å².